The lowest BCUT2D eigenvalue weighted by Gasteiger charge is -2.12. The minimum atomic E-state index is -0.624. The van der Waals surface area contributed by atoms with E-state index in [-0.39, 0.29) is 0 Å². The Labute approximate surface area is 161 Å². The van der Waals surface area contributed by atoms with Gasteiger partial charge in [0.1, 0.15) is 17.5 Å². The molecule has 0 aliphatic heterocycles. The molecular weight excluding hydrogens is 370 g/mol. The molecule has 2 N–H and O–H groups in total. The number of aromatic nitrogens is 2. The third-order valence-electron chi connectivity index (χ3n) is 3.79. The molecule has 1 aromatic carbocycles. The molecule has 7 heteroatoms. The number of nitrogens with one attached hydrogen (secondary N) is 1. The predicted octanol–water partition coefficient (Wildman–Crippen LogP) is 3.87. The zero-order valence-electron chi connectivity index (χ0n) is 14.4. The fraction of sp³-hybridized carbons (Fsp3) is 0.263. The minimum Gasteiger partial charge on any atom is -0.492 e. The molecule has 0 bridgehead atoms. The summed E-state index contributed by atoms with van der Waals surface area (Å²) >= 11 is 7.38. The molecule has 0 saturated carbocycles. The molecule has 0 spiro atoms. The lowest BCUT2D eigenvalue weighted by molar-refractivity contribution is 0.171. The van der Waals surface area contributed by atoms with Crippen molar-refractivity contribution in [2.45, 2.75) is 13.0 Å². The number of rotatable bonds is 8. The van der Waals surface area contributed by atoms with Crippen molar-refractivity contribution in [1.29, 1.82) is 0 Å². The second kappa shape index (κ2) is 9.09. The van der Waals surface area contributed by atoms with Crippen LogP contribution < -0.4 is 10.1 Å². The summed E-state index contributed by atoms with van der Waals surface area (Å²) in [6, 6.07) is 11.3. The summed E-state index contributed by atoms with van der Waals surface area (Å²) in [5.74, 6) is 0.810. The van der Waals surface area contributed by atoms with Gasteiger partial charge in [-0.3, -0.25) is 0 Å². The van der Waals surface area contributed by atoms with E-state index in [1.807, 2.05) is 31.2 Å². The number of pyridine rings is 1. The van der Waals surface area contributed by atoms with Crippen LogP contribution in [0.15, 0.2) is 48.0 Å². The second-order valence-corrected chi connectivity index (χ2v) is 7.21. The highest BCUT2D eigenvalue weighted by Crippen LogP contribution is 2.23. The number of ether oxygens (including phenoxy) is 1. The zero-order chi connectivity index (χ0) is 18.4. The predicted molar refractivity (Wildman–Crippen MR) is 105 cm³/mol. The van der Waals surface area contributed by atoms with Crippen molar-refractivity contribution in [3.63, 3.8) is 0 Å². The lowest BCUT2D eigenvalue weighted by Crippen LogP contribution is -2.26. The molecule has 0 unspecified atom stereocenters. The van der Waals surface area contributed by atoms with Gasteiger partial charge < -0.3 is 15.2 Å². The number of hydrogen-bond acceptors (Lipinski definition) is 6. The Hall–Kier alpha value is -1.99. The van der Waals surface area contributed by atoms with E-state index >= 15 is 0 Å². The molecule has 1 atom stereocenters. The van der Waals surface area contributed by atoms with Gasteiger partial charge in [-0.15, -0.1) is 11.3 Å². The summed E-state index contributed by atoms with van der Waals surface area (Å²) in [6.45, 7) is 3.57. The van der Waals surface area contributed by atoms with Gasteiger partial charge in [-0.05, 0) is 37.3 Å². The average Bonchev–Trinajstić information content (AvgIpc) is 3.09. The van der Waals surface area contributed by atoms with E-state index in [4.69, 9.17) is 16.3 Å². The molecule has 0 radical (unpaired) electrons. The minimum absolute atomic E-state index is 0.415. The van der Waals surface area contributed by atoms with E-state index < -0.39 is 6.10 Å². The largest absolute Gasteiger partial charge is 0.492 e. The summed E-state index contributed by atoms with van der Waals surface area (Å²) in [5.41, 5.74) is 2.81. The Morgan fingerprint density at radius 3 is 2.69 bits per heavy atom. The van der Waals surface area contributed by atoms with Gasteiger partial charge in [0.25, 0.3) is 0 Å². The van der Waals surface area contributed by atoms with Gasteiger partial charge >= 0.3 is 0 Å². The summed E-state index contributed by atoms with van der Waals surface area (Å²) in [6.07, 6.45) is 0.956. The number of aryl methyl sites for hydroxylation is 1. The van der Waals surface area contributed by atoms with Gasteiger partial charge in [-0.25, -0.2) is 9.97 Å². The van der Waals surface area contributed by atoms with Gasteiger partial charge in [-0.1, -0.05) is 17.7 Å². The number of aliphatic hydroxyl groups is 1. The fourth-order valence-corrected chi connectivity index (χ4v) is 3.13. The molecule has 136 valence electrons. The van der Waals surface area contributed by atoms with Crippen molar-refractivity contribution in [2.75, 3.05) is 19.7 Å². The Bertz CT molecular complexity index is 822. The smallest absolute Gasteiger partial charge is 0.129 e. The van der Waals surface area contributed by atoms with Crippen molar-refractivity contribution in [3.8, 4) is 17.0 Å². The van der Waals surface area contributed by atoms with Crippen molar-refractivity contribution in [1.82, 2.24) is 15.3 Å². The molecule has 0 amide bonds. The van der Waals surface area contributed by atoms with Crippen LogP contribution in [0.1, 0.15) is 16.7 Å². The van der Waals surface area contributed by atoms with Gasteiger partial charge in [0.15, 0.2) is 0 Å². The van der Waals surface area contributed by atoms with Crippen molar-refractivity contribution in [3.05, 3.63) is 63.7 Å². The zero-order valence-corrected chi connectivity index (χ0v) is 15.9. The fourth-order valence-electron chi connectivity index (χ4n) is 2.40. The van der Waals surface area contributed by atoms with Crippen LogP contribution in [0.4, 0.5) is 0 Å². The maximum Gasteiger partial charge on any atom is 0.129 e. The van der Waals surface area contributed by atoms with E-state index in [1.165, 1.54) is 0 Å². The Kier molecular flexibility index (Phi) is 6.57. The van der Waals surface area contributed by atoms with Crippen molar-refractivity contribution in [2.24, 2.45) is 0 Å². The topological polar surface area (TPSA) is 67.3 Å². The van der Waals surface area contributed by atoms with Crippen LogP contribution in [-0.2, 0) is 0 Å². The van der Waals surface area contributed by atoms with Gasteiger partial charge in [0.2, 0.25) is 0 Å². The van der Waals surface area contributed by atoms with Gasteiger partial charge in [-0.2, -0.15) is 0 Å². The molecule has 2 aromatic heterocycles. The Balaban J connectivity index is 1.39. The summed E-state index contributed by atoms with van der Waals surface area (Å²) in [4.78, 5) is 8.44. The summed E-state index contributed by atoms with van der Waals surface area (Å²) < 4.78 is 5.71. The van der Waals surface area contributed by atoms with Gasteiger partial charge in [0.05, 0.1) is 16.8 Å². The average molecular weight is 390 g/mol. The molecule has 5 nitrogen and oxygen atoms in total. The normalized spacial score (nSPS) is 12.1. The third kappa shape index (κ3) is 5.25. The molecule has 0 saturated heterocycles. The summed E-state index contributed by atoms with van der Waals surface area (Å²) in [5, 5.41) is 16.8. The monoisotopic (exact) mass is 389 g/mol. The molecular formula is C19H20ClN3O2S. The SMILES string of the molecule is Cc1nc(-c2ccc(OCCNC[C@H](O)c3ccc(Cl)nc3)cc2)cs1. The second-order valence-electron chi connectivity index (χ2n) is 5.76. The summed E-state index contributed by atoms with van der Waals surface area (Å²) in [7, 11) is 0. The molecule has 0 fully saturated rings. The molecule has 3 aromatic rings. The quantitative estimate of drug-likeness (QED) is 0.452. The van der Waals surface area contributed by atoms with E-state index in [9.17, 15) is 5.11 Å². The maximum atomic E-state index is 10.1. The van der Waals surface area contributed by atoms with Crippen LogP contribution in [0.5, 0.6) is 5.75 Å². The van der Waals surface area contributed by atoms with Crippen LogP contribution in [-0.4, -0.2) is 34.8 Å². The molecule has 3 rings (SSSR count). The Morgan fingerprint density at radius 1 is 1.23 bits per heavy atom. The highest BCUT2D eigenvalue weighted by Gasteiger charge is 2.07. The van der Waals surface area contributed by atoms with Crippen molar-refractivity contribution < 1.29 is 9.84 Å². The van der Waals surface area contributed by atoms with Crippen LogP contribution in [0.2, 0.25) is 5.15 Å². The first-order valence-corrected chi connectivity index (χ1v) is 9.53. The first-order valence-electron chi connectivity index (χ1n) is 8.27. The van der Waals surface area contributed by atoms with Crippen LogP contribution in [0.3, 0.4) is 0 Å². The van der Waals surface area contributed by atoms with E-state index in [0.717, 1.165) is 27.6 Å². The number of halogens is 1. The van der Waals surface area contributed by atoms with E-state index in [2.05, 4.69) is 20.7 Å². The third-order valence-corrected chi connectivity index (χ3v) is 4.79. The van der Waals surface area contributed by atoms with Crippen LogP contribution in [0, 0.1) is 6.92 Å². The number of benzene rings is 1. The van der Waals surface area contributed by atoms with Gasteiger partial charge in [0, 0.05) is 35.8 Å². The highest BCUT2D eigenvalue weighted by molar-refractivity contribution is 7.09. The van der Waals surface area contributed by atoms with Crippen molar-refractivity contribution >= 4 is 22.9 Å². The number of thiazole rings is 1. The lowest BCUT2D eigenvalue weighted by atomic mass is 10.1. The molecule has 26 heavy (non-hydrogen) atoms. The standard InChI is InChI=1S/C19H20ClN3O2S/c1-13-23-17(12-26-13)14-2-5-16(6-3-14)25-9-8-21-11-18(24)15-4-7-19(20)22-10-15/h2-7,10,12,18,21,24H,8-9,11H2,1H3/t18-/m0/s1. The number of hydrogen-bond donors (Lipinski definition) is 2. The van der Waals surface area contributed by atoms with E-state index in [1.54, 1.807) is 29.7 Å². The first-order chi connectivity index (χ1) is 12.6. The Morgan fingerprint density at radius 2 is 2.04 bits per heavy atom. The molecule has 0 aliphatic carbocycles. The highest BCUT2D eigenvalue weighted by atomic mass is 35.5. The first kappa shape index (κ1) is 18.8. The molecule has 2 heterocycles. The number of nitrogens with zero attached hydrogens (tertiary/aromatic N) is 2. The van der Waals surface area contributed by atoms with Crippen LogP contribution in [0.25, 0.3) is 11.3 Å². The number of aliphatic hydroxyl groups excluding tert-OH is 1. The molecule has 0 aliphatic rings. The van der Waals surface area contributed by atoms with Crippen LogP contribution >= 0.6 is 22.9 Å². The maximum absolute atomic E-state index is 10.1. The van der Waals surface area contributed by atoms with E-state index in [0.29, 0.717) is 24.8 Å².